The Balaban J connectivity index is 2.96. The molecule has 94 valence electrons. The van der Waals surface area contributed by atoms with Crippen molar-refractivity contribution < 1.29 is 4.79 Å². The van der Waals surface area contributed by atoms with Crippen LogP contribution in [0.4, 0.5) is 0 Å². The van der Waals surface area contributed by atoms with Crippen molar-refractivity contribution in [2.24, 2.45) is 0 Å². The van der Waals surface area contributed by atoms with Gasteiger partial charge >= 0.3 is 0 Å². The fraction of sp³-hybridized carbons (Fsp3) is 0.533. The number of hydrogen-bond donors (Lipinski definition) is 0. The van der Waals surface area contributed by atoms with E-state index in [1.54, 1.807) is 0 Å². The summed E-state index contributed by atoms with van der Waals surface area (Å²) in [6.07, 6.45) is 0. The minimum Gasteiger partial charge on any atom is -0.296 e. The Morgan fingerprint density at radius 1 is 1.06 bits per heavy atom. The van der Waals surface area contributed by atoms with Crippen molar-refractivity contribution in [3.63, 3.8) is 0 Å². The molecule has 0 amide bonds. The van der Waals surface area contributed by atoms with E-state index in [4.69, 9.17) is 0 Å². The van der Waals surface area contributed by atoms with Gasteiger partial charge in [-0.1, -0.05) is 31.5 Å². The first-order chi connectivity index (χ1) is 7.99. The third-order valence-electron chi connectivity index (χ3n) is 3.22. The van der Waals surface area contributed by atoms with Gasteiger partial charge in [0.2, 0.25) is 0 Å². The molecule has 1 aromatic carbocycles. The van der Waals surface area contributed by atoms with E-state index in [2.05, 4.69) is 37.8 Å². The maximum absolute atomic E-state index is 12.3. The van der Waals surface area contributed by atoms with Gasteiger partial charge in [0.15, 0.2) is 5.78 Å². The van der Waals surface area contributed by atoms with Crippen LogP contribution in [0.1, 0.15) is 40.9 Å². The van der Waals surface area contributed by atoms with Crippen LogP contribution in [0.25, 0.3) is 0 Å². The summed E-state index contributed by atoms with van der Waals surface area (Å²) in [5.74, 6) is 0.240. The first-order valence-corrected chi connectivity index (χ1v) is 6.33. The zero-order chi connectivity index (χ0) is 13.0. The molecule has 0 spiro atoms. The summed E-state index contributed by atoms with van der Waals surface area (Å²) in [5, 5.41) is 0. The number of likely N-dealkylation sites (N-methyl/N-ethyl adjacent to an activating group) is 1. The second-order valence-electron chi connectivity index (χ2n) is 4.66. The van der Waals surface area contributed by atoms with E-state index in [0.717, 1.165) is 29.8 Å². The number of Topliss-reactive ketones (excluding diaryl/α,β-unsaturated/α-hetero) is 1. The molecule has 0 aliphatic heterocycles. The Morgan fingerprint density at radius 2 is 1.53 bits per heavy atom. The van der Waals surface area contributed by atoms with E-state index in [9.17, 15) is 4.79 Å². The molecule has 0 unspecified atom stereocenters. The maximum atomic E-state index is 12.3. The molecule has 0 radical (unpaired) electrons. The highest BCUT2D eigenvalue weighted by atomic mass is 16.1. The van der Waals surface area contributed by atoms with Crippen LogP contribution < -0.4 is 0 Å². The van der Waals surface area contributed by atoms with Gasteiger partial charge in [-0.2, -0.15) is 0 Å². The SMILES string of the molecule is CCN(CC)CC(=O)c1c(C)cc(C)cc1C. The zero-order valence-electron chi connectivity index (χ0n) is 11.6. The molecule has 0 saturated carbocycles. The van der Waals surface area contributed by atoms with E-state index in [-0.39, 0.29) is 5.78 Å². The van der Waals surface area contributed by atoms with Gasteiger partial charge in [0, 0.05) is 5.56 Å². The smallest absolute Gasteiger partial charge is 0.177 e. The second-order valence-corrected chi connectivity index (χ2v) is 4.66. The predicted molar refractivity (Wildman–Crippen MR) is 72.8 cm³/mol. The number of carbonyl (C=O) groups excluding carboxylic acids is 1. The van der Waals surface area contributed by atoms with Gasteiger partial charge in [0.05, 0.1) is 6.54 Å². The molecule has 2 heteroatoms. The predicted octanol–water partition coefficient (Wildman–Crippen LogP) is 3.14. The van der Waals surface area contributed by atoms with Gasteiger partial charge in [-0.25, -0.2) is 0 Å². The number of benzene rings is 1. The lowest BCUT2D eigenvalue weighted by Crippen LogP contribution is -2.30. The topological polar surface area (TPSA) is 20.3 Å². The molecule has 0 aliphatic rings. The van der Waals surface area contributed by atoms with E-state index < -0.39 is 0 Å². The Bertz CT molecular complexity index is 382. The van der Waals surface area contributed by atoms with E-state index in [0.29, 0.717) is 6.54 Å². The Labute approximate surface area is 105 Å². The average Bonchev–Trinajstić information content (AvgIpc) is 2.24. The highest BCUT2D eigenvalue weighted by Gasteiger charge is 2.14. The fourth-order valence-corrected chi connectivity index (χ4v) is 2.35. The lowest BCUT2D eigenvalue weighted by Gasteiger charge is -2.18. The molecular weight excluding hydrogens is 210 g/mol. The van der Waals surface area contributed by atoms with Crippen molar-refractivity contribution in [3.8, 4) is 0 Å². The van der Waals surface area contributed by atoms with Gasteiger partial charge in [0.25, 0.3) is 0 Å². The number of rotatable bonds is 5. The lowest BCUT2D eigenvalue weighted by molar-refractivity contribution is 0.0936. The van der Waals surface area contributed by atoms with Crippen molar-refractivity contribution in [2.75, 3.05) is 19.6 Å². The standard InChI is InChI=1S/C15H23NO/c1-6-16(7-2)10-14(17)15-12(4)8-11(3)9-13(15)5/h8-9H,6-7,10H2,1-5H3. The van der Waals surface area contributed by atoms with Gasteiger partial charge in [-0.3, -0.25) is 9.69 Å². The number of carbonyl (C=O) groups is 1. The summed E-state index contributed by atoms with van der Waals surface area (Å²) in [4.78, 5) is 14.4. The maximum Gasteiger partial charge on any atom is 0.177 e. The highest BCUT2D eigenvalue weighted by Crippen LogP contribution is 2.17. The lowest BCUT2D eigenvalue weighted by atomic mass is 9.96. The van der Waals surface area contributed by atoms with E-state index in [1.807, 2.05) is 13.8 Å². The summed E-state index contributed by atoms with van der Waals surface area (Å²) < 4.78 is 0. The van der Waals surface area contributed by atoms with Crippen LogP contribution in [0.3, 0.4) is 0 Å². The van der Waals surface area contributed by atoms with Crippen molar-refractivity contribution >= 4 is 5.78 Å². The molecule has 0 saturated heterocycles. The number of hydrogen-bond acceptors (Lipinski definition) is 2. The zero-order valence-corrected chi connectivity index (χ0v) is 11.6. The number of nitrogens with zero attached hydrogens (tertiary/aromatic N) is 1. The quantitative estimate of drug-likeness (QED) is 0.728. The molecule has 0 atom stereocenters. The normalized spacial score (nSPS) is 10.9. The minimum absolute atomic E-state index is 0.240. The van der Waals surface area contributed by atoms with Crippen LogP contribution in [-0.4, -0.2) is 30.3 Å². The summed E-state index contributed by atoms with van der Waals surface area (Å²) >= 11 is 0. The van der Waals surface area contributed by atoms with Crippen LogP contribution in [-0.2, 0) is 0 Å². The average molecular weight is 233 g/mol. The van der Waals surface area contributed by atoms with Crippen LogP contribution in [0.5, 0.6) is 0 Å². The second kappa shape index (κ2) is 5.97. The molecule has 1 aromatic rings. The van der Waals surface area contributed by atoms with Crippen LogP contribution >= 0.6 is 0 Å². The van der Waals surface area contributed by atoms with Gasteiger partial charge in [0.1, 0.15) is 0 Å². The van der Waals surface area contributed by atoms with Crippen LogP contribution in [0.2, 0.25) is 0 Å². The summed E-state index contributed by atoms with van der Waals surface area (Å²) in [5.41, 5.74) is 4.32. The van der Waals surface area contributed by atoms with Crippen molar-refractivity contribution in [1.82, 2.24) is 4.90 Å². The summed E-state index contributed by atoms with van der Waals surface area (Å²) in [6, 6.07) is 4.17. The molecule has 0 aliphatic carbocycles. The Morgan fingerprint density at radius 3 is 1.94 bits per heavy atom. The molecule has 0 bridgehead atoms. The van der Waals surface area contributed by atoms with E-state index >= 15 is 0 Å². The van der Waals surface area contributed by atoms with Crippen molar-refractivity contribution in [1.29, 1.82) is 0 Å². The monoisotopic (exact) mass is 233 g/mol. The molecule has 0 fully saturated rings. The summed E-state index contributed by atoms with van der Waals surface area (Å²) in [7, 11) is 0. The highest BCUT2D eigenvalue weighted by molar-refractivity contribution is 6.00. The molecule has 0 heterocycles. The van der Waals surface area contributed by atoms with Gasteiger partial charge in [-0.15, -0.1) is 0 Å². The molecule has 1 rings (SSSR count). The largest absolute Gasteiger partial charge is 0.296 e. The van der Waals surface area contributed by atoms with Gasteiger partial charge in [-0.05, 0) is 45.0 Å². The molecular formula is C15H23NO. The van der Waals surface area contributed by atoms with Crippen LogP contribution in [0.15, 0.2) is 12.1 Å². The van der Waals surface area contributed by atoms with Crippen molar-refractivity contribution in [3.05, 3.63) is 34.4 Å². The van der Waals surface area contributed by atoms with Crippen LogP contribution in [0, 0.1) is 20.8 Å². The molecule has 0 N–H and O–H groups in total. The minimum atomic E-state index is 0.240. The molecule has 17 heavy (non-hydrogen) atoms. The summed E-state index contributed by atoms with van der Waals surface area (Å²) in [6.45, 7) is 12.7. The number of ketones is 1. The fourth-order valence-electron chi connectivity index (χ4n) is 2.35. The number of aryl methyl sites for hydroxylation is 3. The van der Waals surface area contributed by atoms with Gasteiger partial charge < -0.3 is 0 Å². The molecule has 0 aromatic heterocycles. The molecule has 2 nitrogen and oxygen atoms in total. The Hall–Kier alpha value is -1.15. The first-order valence-electron chi connectivity index (χ1n) is 6.33. The van der Waals surface area contributed by atoms with E-state index in [1.165, 1.54) is 5.56 Å². The first kappa shape index (κ1) is 13.9. The third kappa shape index (κ3) is 3.40. The third-order valence-corrected chi connectivity index (χ3v) is 3.22. The van der Waals surface area contributed by atoms with Crippen molar-refractivity contribution in [2.45, 2.75) is 34.6 Å². The Kier molecular flexibility index (Phi) is 4.88.